The number of rotatable bonds is 3. The first-order chi connectivity index (χ1) is 10.2. The summed E-state index contributed by atoms with van der Waals surface area (Å²) in [5.74, 6) is 1.24. The summed E-state index contributed by atoms with van der Waals surface area (Å²) in [5, 5.41) is 4.56. The zero-order valence-corrected chi connectivity index (χ0v) is 13.0. The Balaban J connectivity index is 2.46. The van der Waals surface area contributed by atoms with Gasteiger partial charge in [0.15, 0.2) is 0 Å². The van der Waals surface area contributed by atoms with E-state index in [1.165, 1.54) is 0 Å². The second-order valence-electron chi connectivity index (χ2n) is 4.78. The molecule has 3 rings (SSSR count). The average molecular weight is 309 g/mol. The van der Waals surface area contributed by atoms with Crippen LogP contribution >= 0.6 is 11.6 Å². The van der Waals surface area contributed by atoms with Crippen molar-refractivity contribution >= 4 is 28.2 Å². The molecule has 2 aromatic rings. The normalized spacial score (nSPS) is 13.9. The van der Waals surface area contributed by atoms with Gasteiger partial charge in [0.1, 0.15) is 17.0 Å². The van der Waals surface area contributed by atoms with Gasteiger partial charge in [0.25, 0.3) is 0 Å². The topological polar surface area (TPSA) is 52.6 Å². The van der Waals surface area contributed by atoms with Gasteiger partial charge < -0.3 is 19.5 Å². The van der Waals surface area contributed by atoms with E-state index in [1.807, 2.05) is 7.05 Å². The number of hydrogen-bond acceptors (Lipinski definition) is 5. The highest BCUT2D eigenvalue weighted by atomic mass is 35.5. The smallest absolute Gasteiger partial charge is 0.149 e. The van der Waals surface area contributed by atoms with Crippen LogP contribution in [-0.2, 0) is 17.8 Å². The number of hydrogen-bond donors (Lipinski definition) is 1. The molecule has 1 aliphatic heterocycles. The Morgan fingerprint density at radius 3 is 2.81 bits per heavy atom. The summed E-state index contributed by atoms with van der Waals surface area (Å²) in [5.41, 5.74) is 3.77. The quantitative estimate of drug-likeness (QED) is 0.944. The lowest BCUT2D eigenvalue weighted by atomic mass is 10.0. The molecular formula is C15H17ClN2O3. The maximum absolute atomic E-state index is 6.31. The Kier molecular flexibility index (Phi) is 3.78. The minimum absolute atomic E-state index is 0.497. The van der Waals surface area contributed by atoms with Gasteiger partial charge in [0.05, 0.1) is 49.2 Å². The van der Waals surface area contributed by atoms with Crippen LogP contribution in [0.5, 0.6) is 11.5 Å². The number of ether oxygens (including phenoxy) is 3. The second kappa shape index (κ2) is 5.58. The van der Waals surface area contributed by atoms with Crippen molar-refractivity contribution in [2.24, 2.45) is 0 Å². The monoisotopic (exact) mass is 308 g/mol. The molecule has 0 saturated carbocycles. The SMILES string of the molecule is CNc1c2c(nc3c(OC)cc(Cl)c(OC)c13)CCOC2. The molecule has 2 heterocycles. The highest BCUT2D eigenvalue weighted by molar-refractivity contribution is 6.34. The molecule has 0 spiro atoms. The number of anilines is 1. The molecule has 0 amide bonds. The van der Waals surface area contributed by atoms with E-state index in [0.29, 0.717) is 29.7 Å². The maximum atomic E-state index is 6.31. The van der Waals surface area contributed by atoms with Crippen LogP contribution in [0, 0.1) is 0 Å². The van der Waals surface area contributed by atoms with Crippen molar-refractivity contribution in [2.45, 2.75) is 13.0 Å². The number of nitrogens with zero attached hydrogens (tertiary/aromatic N) is 1. The lowest BCUT2D eigenvalue weighted by molar-refractivity contribution is 0.110. The highest BCUT2D eigenvalue weighted by Crippen LogP contribution is 2.44. The molecule has 6 heteroatoms. The molecular weight excluding hydrogens is 292 g/mol. The molecule has 0 unspecified atom stereocenters. The van der Waals surface area contributed by atoms with E-state index in [1.54, 1.807) is 20.3 Å². The van der Waals surface area contributed by atoms with E-state index in [-0.39, 0.29) is 0 Å². The summed E-state index contributed by atoms with van der Waals surface area (Å²) in [6, 6.07) is 1.74. The second-order valence-corrected chi connectivity index (χ2v) is 5.19. The lowest BCUT2D eigenvalue weighted by Gasteiger charge is -2.23. The van der Waals surface area contributed by atoms with E-state index in [9.17, 15) is 0 Å². The molecule has 1 N–H and O–H groups in total. The van der Waals surface area contributed by atoms with Gasteiger partial charge in [-0.3, -0.25) is 0 Å². The summed E-state index contributed by atoms with van der Waals surface area (Å²) in [6.45, 7) is 1.22. The first-order valence-corrected chi connectivity index (χ1v) is 7.10. The van der Waals surface area contributed by atoms with Crippen molar-refractivity contribution in [1.29, 1.82) is 0 Å². The molecule has 0 atom stereocenters. The van der Waals surface area contributed by atoms with Crippen molar-refractivity contribution in [3.05, 3.63) is 22.3 Å². The van der Waals surface area contributed by atoms with Crippen LogP contribution in [0.25, 0.3) is 10.9 Å². The summed E-state index contributed by atoms with van der Waals surface area (Å²) in [4.78, 5) is 4.76. The number of pyridine rings is 1. The fourth-order valence-corrected chi connectivity index (χ4v) is 3.05. The molecule has 1 aromatic heterocycles. The maximum Gasteiger partial charge on any atom is 0.149 e. The van der Waals surface area contributed by atoms with Crippen LogP contribution < -0.4 is 14.8 Å². The third kappa shape index (κ3) is 2.17. The Morgan fingerprint density at radius 2 is 2.14 bits per heavy atom. The fraction of sp³-hybridized carbons (Fsp3) is 0.400. The van der Waals surface area contributed by atoms with Gasteiger partial charge in [0, 0.05) is 25.1 Å². The average Bonchev–Trinajstić information content (AvgIpc) is 2.52. The van der Waals surface area contributed by atoms with Crippen LogP contribution in [0.2, 0.25) is 5.02 Å². The van der Waals surface area contributed by atoms with Crippen molar-refractivity contribution in [2.75, 3.05) is 33.2 Å². The van der Waals surface area contributed by atoms with Crippen LogP contribution in [0.3, 0.4) is 0 Å². The van der Waals surface area contributed by atoms with E-state index >= 15 is 0 Å². The van der Waals surface area contributed by atoms with Gasteiger partial charge in [-0.15, -0.1) is 0 Å². The van der Waals surface area contributed by atoms with Crippen molar-refractivity contribution in [1.82, 2.24) is 4.98 Å². The Bertz CT molecular complexity index is 703. The van der Waals surface area contributed by atoms with Crippen LogP contribution in [-0.4, -0.2) is 32.9 Å². The zero-order chi connectivity index (χ0) is 15.0. The summed E-state index contributed by atoms with van der Waals surface area (Å²) < 4.78 is 16.5. The van der Waals surface area contributed by atoms with Crippen molar-refractivity contribution in [3.8, 4) is 11.5 Å². The number of nitrogens with one attached hydrogen (secondary N) is 1. The molecule has 1 aliphatic rings. The van der Waals surface area contributed by atoms with E-state index < -0.39 is 0 Å². The van der Waals surface area contributed by atoms with Gasteiger partial charge in [-0.25, -0.2) is 4.98 Å². The molecule has 112 valence electrons. The largest absolute Gasteiger partial charge is 0.494 e. The Labute approximate surface area is 128 Å². The predicted octanol–water partition coefficient (Wildman–Crippen LogP) is 3.02. The number of methoxy groups -OCH3 is 2. The standard InChI is InChI=1S/C15H17ClN2O3/c1-17-13-8-7-21-5-4-10(8)18-14-11(19-2)6-9(16)15(20-3)12(13)14/h6H,4-5,7H2,1-3H3,(H,17,18). The molecule has 5 nitrogen and oxygen atoms in total. The molecule has 21 heavy (non-hydrogen) atoms. The minimum atomic E-state index is 0.497. The van der Waals surface area contributed by atoms with Crippen LogP contribution in [0.4, 0.5) is 5.69 Å². The molecule has 1 aromatic carbocycles. The summed E-state index contributed by atoms with van der Waals surface area (Å²) in [7, 11) is 5.08. The van der Waals surface area contributed by atoms with Crippen LogP contribution in [0.15, 0.2) is 6.07 Å². The third-order valence-electron chi connectivity index (χ3n) is 3.72. The van der Waals surface area contributed by atoms with E-state index in [4.69, 9.17) is 30.8 Å². The summed E-state index contributed by atoms with van der Waals surface area (Å²) in [6.07, 6.45) is 0.786. The number of benzene rings is 1. The minimum Gasteiger partial charge on any atom is -0.494 e. The fourth-order valence-electron chi connectivity index (χ4n) is 2.78. The van der Waals surface area contributed by atoms with Gasteiger partial charge in [-0.1, -0.05) is 11.6 Å². The predicted molar refractivity (Wildman–Crippen MR) is 82.8 cm³/mol. The molecule has 0 bridgehead atoms. The van der Waals surface area contributed by atoms with Gasteiger partial charge in [-0.2, -0.15) is 0 Å². The van der Waals surface area contributed by atoms with Crippen LogP contribution in [0.1, 0.15) is 11.3 Å². The van der Waals surface area contributed by atoms with E-state index in [2.05, 4.69) is 5.32 Å². The lowest BCUT2D eigenvalue weighted by Crippen LogP contribution is -2.15. The van der Waals surface area contributed by atoms with E-state index in [0.717, 1.165) is 34.3 Å². The van der Waals surface area contributed by atoms with Gasteiger partial charge in [-0.05, 0) is 0 Å². The molecule has 0 aliphatic carbocycles. The first-order valence-electron chi connectivity index (χ1n) is 6.72. The molecule has 0 saturated heterocycles. The van der Waals surface area contributed by atoms with Crippen molar-refractivity contribution < 1.29 is 14.2 Å². The zero-order valence-electron chi connectivity index (χ0n) is 12.2. The Hall–Kier alpha value is -1.72. The van der Waals surface area contributed by atoms with Gasteiger partial charge in [0.2, 0.25) is 0 Å². The number of halogens is 1. The summed E-state index contributed by atoms with van der Waals surface area (Å²) >= 11 is 6.31. The molecule has 0 fully saturated rings. The molecule has 0 radical (unpaired) electrons. The van der Waals surface area contributed by atoms with Crippen molar-refractivity contribution in [3.63, 3.8) is 0 Å². The highest BCUT2D eigenvalue weighted by Gasteiger charge is 2.23. The number of aromatic nitrogens is 1. The number of fused-ring (bicyclic) bond motifs is 2. The Morgan fingerprint density at radius 1 is 1.33 bits per heavy atom. The third-order valence-corrected chi connectivity index (χ3v) is 4.00. The first kappa shape index (κ1) is 14.2. The van der Waals surface area contributed by atoms with Gasteiger partial charge >= 0.3 is 0 Å².